The van der Waals surface area contributed by atoms with Crippen LogP contribution < -0.4 is 10.1 Å². The number of amides is 1. The molecule has 0 aliphatic rings. The number of aromatic nitrogens is 1. The molecule has 0 saturated carbocycles. The van der Waals surface area contributed by atoms with Gasteiger partial charge in [-0.3, -0.25) is 4.79 Å². The number of halogens is 2. The van der Waals surface area contributed by atoms with Crippen LogP contribution >= 0.6 is 0 Å². The second-order valence-electron chi connectivity index (χ2n) is 5.15. The molecule has 1 N–H and O–H groups in total. The van der Waals surface area contributed by atoms with E-state index in [-0.39, 0.29) is 12.3 Å². The molecule has 0 saturated heterocycles. The minimum absolute atomic E-state index is 0.143. The zero-order chi connectivity index (χ0) is 17.6. The second-order valence-corrected chi connectivity index (χ2v) is 5.15. The van der Waals surface area contributed by atoms with Crippen molar-refractivity contribution in [3.05, 3.63) is 72.1 Å². The Morgan fingerprint density at radius 2 is 1.96 bits per heavy atom. The third-order valence-corrected chi connectivity index (χ3v) is 3.29. The van der Waals surface area contributed by atoms with Gasteiger partial charge in [0, 0.05) is 11.6 Å². The van der Waals surface area contributed by atoms with E-state index in [0.29, 0.717) is 17.7 Å². The summed E-state index contributed by atoms with van der Waals surface area (Å²) < 4.78 is 36.6. The van der Waals surface area contributed by atoms with Crippen LogP contribution in [0.1, 0.15) is 5.69 Å². The average Bonchev–Trinajstić information content (AvgIpc) is 3.09. The molecule has 0 fully saturated rings. The molecule has 0 atom stereocenters. The molecule has 1 aromatic heterocycles. The molecular weight excluding hydrogens is 330 g/mol. The molecule has 7 heteroatoms. The van der Waals surface area contributed by atoms with E-state index in [0.717, 1.165) is 17.7 Å². The number of nitrogens with zero attached hydrogens (tertiary/aromatic N) is 1. The molecule has 0 aliphatic carbocycles. The lowest BCUT2D eigenvalue weighted by Gasteiger charge is -2.07. The van der Waals surface area contributed by atoms with E-state index in [9.17, 15) is 13.6 Å². The molecule has 0 unspecified atom stereocenters. The molecule has 0 aliphatic heterocycles. The van der Waals surface area contributed by atoms with E-state index < -0.39 is 24.1 Å². The van der Waals surface area contributed by atoms with Crippen LogP contribution in [0.2, 0.25) is 0 Å². The molecule has 25 heavy (non-hydrogen) atoms. The Hall–Kier alpha value is -3.22. The fourth-order valence-electron chi connectivity index (χ4n) is 2.08. The van der Waals surface area contributed by atoms with Gasteiger partial charge in [-0.2, -0.15) is 0 Å². The van der Waals surface area contributed by atoms with Gasteiger partial charge in [0.05, 0.1) is 12.2 Å². The Morgan fingerprint density at radius 3 is 2.72 bits per heavy atom. The summed E-state index contributed by atoms with van der Waals surface area (Å²) in [5, 5.41) is 2.58. The number of hydrogen-bond acceptors (Lipinski definition) is 4. The quantitative estimate of drug-likeness (QED) is 0.745. The van der Waals surface area contributed by atoms with E-state index in [2.05, 4.69) is 10.3 Å². The van der Waals surface area contributed by atoms with Crippen molar-refractivity contribution >= 4 is 5.91 Å². The Labute approximate surface area is 142 Å². The number of oxazole rings is 1. The third kappa shape index (κ3) is 4.41. The monoisotopic (exact) mass is 344 g/mol. The summed E-state index contributed by atoms with van der Waals surface area (Å²) in [6.07, 6.45) is 1.45. The highest BCUT2D eigenvalue weighted by atomic mass is 19.1. The zero-order valence-electron chi connectivity index (χ0n) is 13.0. The van der Waals surface area contributed by atoms with E-state index in [4.69, 9.17) is 9.15 Å². The highest BCUT2D eigenvalue weighted by molar-refractivity contribution is 5.77. The van der Waals surface area contributed by atoms with Crippen LogP contribution in [0.3, 0.4) is 0 Å². The molecule has 5 nitrogen and oxygen atoms in total. The zero-order valence-corrected chi connectivity index (χ0v) is 13.0. The number of carbonyl (C=O) groups excluding carboxylic acids is 1. The highest BCUT2D eigenvalue weighted by Crippen LogP contribution is 2.18. The molecular formula is C18H14F2N2O3. The van der Waals surface area contributed by atoms with Gasteiger partial charge >= 0.3 is 0 Å². The number of benzene rings is 2. The van der Waals surface area contributed by atoms with Crippen molar-refractivity contribution in [1.82, 2.24) is 10.3 Å². The maximum Gasteiger partial charge on any atom is 0.258 e. The first kappa shape index (κ1) is 16.6. The smallest absolute Gasteiger partial charge is 0.258 e. The van der Waals surface area contributed by atoms with Crippen molar-refractivity contribution in [2.75, 3.05) is 6.61 Å². The van der Waals surface area contributed by atoms with E-state index in [1.165, 1.54) is 6.26 Å². The first-order chi connectivity index (χ1) is 12.1. The predicted molar refractivity (Wildman–Crippen MR) is 85.6 cm³/mol. The van der Waals surface area contributed by atoms with Gasteiger partial charge in [0.1, 0.15) is 12.1 Å². The van der Waals surface area contributed by atoms with Crippen LogP contribution in [-0.2, 0) is 11.3 Å². The Bertz CT molecular complexity index is 866. The van der Waals surface area contributed by atoms with Gasteiger partial charge in [0.25, 0.3) is 5.91 Å². The number of rotatable bonds is 6. The van der Waals surface area contributed by atoms with Crippen molar-refractivity contribution < 1.29 is 22.7 Å². The summed E-state index contributed by atoms with van der Waals surface area (Å²) >= 11 is 0. The van der Waals surface area contributed by atoms with E-state index in [1.54, 1.807) is 0 Å². The van der Waals surface area contributed by atoms with Crippen molar-refractivity contribution in [2.24, 2.45) is 0 Å². The summed E-state index contributed by atoms with van der Waals surface area (Å²) in [4.78, 5) is 16.0. The third-order valence-electron chi connectivity index (χ3n) is 3.29. The van der Waals surface area contributed by atoms with Gasteiger partial charge < -0.3 is 14.5 Å². The SMILES string of the molecule is O=C(COc1ccc(F)cc1F)NCc1coc(-c2ccccc2)n1. The molecule has 1 heterocycles. The fourth-order valence-corrected chi connectivity index (χ4v) is 2.08. The van der Waals surface area contributed by atoms with Crippen LogP contribution in [0.4, 0.5) is 8.78 Å². The largest absolute Gasteiger partial charge is 0.481 e. The maximum atomic E-state index is 13.4. The fraction of sp³-hybridized carbons (Fsp3) is 0.111. The van der Waals surface area contributed by atoms with Crippen LogP contribution in [0.15, 0.2) is 59.2 Å². The van der Waals surface area contributed by atoms with Crippen LogP contribution in [0.5, 0.6) is 5.75 Å². The predicted octanol–water partition coefficient (Wildman–Crippen LogP) is 3.32. The standard InChI is InChI=1S/C18H14F2N2O3/c19-13-6-7-16(15(20)8-13)24-11-17(23)21-9-14-10-25-18(22-14)12-4-2-1-3-5-12/h1-8,10H,9,11H2,(H,21,23). The van der Waals surface area contributed by atoms with Crippen molar-refractivity contribution in [3.8, 4) is 17.2 Å². The van der Waals surface area contributed by atoms with Gasteiger partial charge in [-0.25, -0.2) is 13.8 Å². The van der Waals surface area contributed by atoms with Gasteiger partial charge in [-0.05, 0) is 24.3 Å². The minimum Gasteiger partial charge on any atom is -0.481 e. The summed E-state index contributed by atoms with van der Waals surface area (Å²) in [6.45, 7) is -0.254. The number of nitrogens with one attached hydrogen (secondary N) is 1. The summed E-state index contributed by atoms with van der Waals surface area (Å²) in [6, 6.07) is 12.2. The lowest BCUT2D eigenvalue weighted by atomic mass is 10.2. The first-order valence-corrected chi connectivity index (χ1v) is 7.46. The number of carbonyl (C=O) groups is 1. The summed E-state index contributed by atoms with van der Waals surface area (Å²) in [7, 11) is 0. The highest BCUT2D eigenvalue weighted by Gasteiger charge is 2.10. The van der Waals surface area contributed by atoms with E-state index in [1.807, 2.05) is 30.3 Å². The second kappa shape index (κ2) is 7.57. The molecule has 0 bridgehead atoms. The minimum atomic E-state index is -0.864. The Morgan fingerprint density at radius 1 is 1.16 bits per heavy atom. The van der Waals surface area contributed by atoms with Crippen LogP contribution in [-0.4, -0.2) is 17.5 Å². The Kier molecular flexibility index (Phi) is 5.03. The number of hydrogen-bond donors (Lipinski definition) is 1. The lowest BCUT2D eigenvalue weighted by Crippen LogP contribution is -2.28. The van der Waals surface area contributed by atoms with Crippen molar-refractivity contribution in [2.45, 2.75) is 6.54 Å². The average molecular weight is 344 g/mol. The van der Waals surface area contributed by atoms with Crippen LogP contribution in [0, 0.1) is 11.6 Å². The van der Waals surface area contributed by atoms with Gasteiger partial charge in [0.15, 0.2) is 18.2 Å². The molecule has 0 radical (unpaired) electrons. The first-order valence-electron chi connectivity index (χ1n) is 7.46. The Balaban J connectivity index is 1.50. The summed E-state index contributed by atoms with van der Waals surface area (Å²) in [5.41, 5.74) is 1.37. The molecule has 0 spiro atoms. The molecule has 1 amide bonds. The summed E-state index contributed by atoms with van der Waals surface area (Å²) in [5.74, 6) is -1.78. The molecule has 3 aromatic rings. The van der Waals surface area contributed by atoms with Gasteiger partial charge in [0.2, 0.25) is 5.89 Å². The topological polar surface area (TPSA) is 64.4 Å². The maximum absolute atomic E-state index is 13.4. The van der Waals surface area contributed by atoms with Gasteiger partial charge in [-0.1, -0.05) is 18.2 Å². The van der Waals surface area contributed by atoms with Gasteiger partial charge in [-0.15, -0.1) is 0 Å². The van der Waals surface area contributed by atoms with Crippen molar-refractivity contribution in [3.63, 3.8) is 0 Å². The van der Waals surface area contributed by atoms with E-state index >= 15 is 0 Å². The normalized spacial score (nSPS) is 10.5. The van der Waals surface area contributed by atoms with Crippen LogP contribution in [0.25, 0.3) is 11.5 Å². The molecule has 3 rings (SSSR count). The lowest BCUT2D eigenvalue weighted by molar-refractivity contribution is -0.123. The number of ether oxygens (including phenoxy) is 1. The van der Waals surface area contributed by atoms with Crippen molar-refractivity contribution in [1.29, 1.82) is 0 Å². The molecule has 128 valence electrons. The molecule has 2 aromatic carbocycles.